The van der Waals surface area contributed by atoms with E-state index in [0.29, 0.717) is 6.61 Å². The van der Waals surface area contributed by atoms with Crippen LogP contribution in [0.3, 0.4) is 0 Å². The van der Waals surface area contributed by atoms with Crippen molar-refractivity contribution in [1.29, 1.82) is 0 Å². The van der Waals surface area contributed by atoms with Gasteiger partial charge in [0, 0.05) is 5.75 Å². The van der Waals surface area contributed by atoms with Gasteiger partial charge in [-0.2, -0.15) is 0 Å². The van der Waals surface area contributed by atoms with Crippen LogP contribution in [0.25, 0.3) is 0 Å². The first-order valence-corrected chi connectivity index (χ1v) is 3.07. The third-order valence-corrected chi connectivity index (χ3v) is 1.66. The van der Waals surface area contributed by atoms with Crippen molar-refractivity contribution in [2.75, 3.05) is 13.2 Å². The smallest absolute Gasteiger partial charge is 0.126 e. The van der Waals surface area contributed by atoms with Crippen LogP contribution in [0.5, 0.6) is 0 Å². The Morgan fingerprint density at radius 3 is 3.14 bits per heavy atom. The Morgan fingerprint density at radius 1 is 2.00 bits per heavy atom. The summed E-state index contributed by atoms with van der Waals surface area (Å²) in [5, 5.41) is 8.40. The summed E-state index contributed by atoms with van der Waals surface area (Å²) in [4.78, 5) is 0. The molecule has 0 amide bonds. The molecule has 1 rings (SSSR count). The lowest BCUT2D eigenvalue weighted by Crippen LogP contribution is -2.05. The predicted molar refractivity (Wildman–Crippen MR) is 28.7 cm³/mol. The van der Waals surface area contributed by atoms with Crippen molar-refractivity contribution in [1.82, 2.24) is 0 Å². The molecule has 0 aromatic rings. The van der Waals surface area contributed by atoms with Crippen LogP contribution in [0.2, 0.25) is 0 Å². The summed E-state index contributed by atoms with van der Waals surface area (Å²) >= 11 is 1.55. The van der Waals surface area contributed by atoms with E-state index in [0.717, 1.165) is 0 Å². The van der Waals surface area contributed by atoms with Gasteiger partial charge < -0.3 is 9.84 Å². The second-order valence-corrected chi connectivity index (χ2v) is 2.38. The molecule has 7 heavy (non-hydrogen) atoms. The molecule has 0 bridgehead atoms. The Hall–Kier alpha value is 0.270. The Balaban J connectivity index is 2.14. The second kappa shape index (κ2) is 2.55. The molecular formula is C4H7O2S. The molecule has 2 nitrogen and oxygen atoms in total. The van der Waals surface area contributed by atoms with Gasteiger partial charge in [0.1, 0.15) is 5.44 Å². The van der Waals surface area contributed by atoms with Gasteiger partial charge in [-0.3, -0.25) is 0 Å². The summed E-state index contributed by atoms with van der Waals surface area (Å²) in [7, 11) is 0. The lowest BCUT2D eigenvalue weighted by Gasteiger charge is -1.99. The van der Waals surface area contributed by atoms with Gasteiger partial charge in [0.2, 0.25) is 0 Å². The molecule has 1 N–H and O–H groups in total. The van der Waals surface area contributed by atoms with Crippen molar-refractivity contribution >= 4 is 11.8 Å². The molecule has 1 radical (unpaired) electrons. The van der Waals surface area contributed by atoms with E-state index in [1.54, 1.807) is 11.8 Å². The van der Waals surface area contributed by atoms with E-state index >= 15 is 0 Å². The van der Waals surface area contributed by atoms with Crippen LogP contribution in [0, 0.1) is 5.75 Å². The van der Waals surface area contributed by atoms with Gasteiger partial charge in [0.05, 0.1) is 13.2 Å². The summed E-state index contributed by atoms with van der Waals surface area (Å²) in [6.07, 6.45) is 0. The minimum Gasteiger partial charge on any atom is -0.393 e. The molecule has 1 unspecified atom stereocenters. The highest BCUT2D eigenvalue weighted by Crippen LogP contribution is 2.22. The van der Waals surface area contributed by atoms with E-state index in [-0.39, 0.29) is 12.0 Å². The molecule has 0 aromatic heterocycles. The second-order valence-electron chi connectivity index (χ2n) is 1.25. The van der Waals surface area contributed by atoms with Crippen LogP contribution in [-0.4, -0.2) is 23.8 Å². The first-order chi connectivity index (χ1) is 3.43. The molecule has 1 aliphatic rings. The SMILES string of the molecule is OCC1OC[CH]S1. The van der Waals surface area contributed by atoms with E-state index in [4.69, 9.17) is 9.84 Å². The highest BCUT2D eigenvalue weighted by molar-refractivity contribution is 8.01. The van der Waals surface area contributed by atoms with Gasteiger partial charge in [-0.15, -0.1) is 11.8 Å². The van der Waals surface area contributed by atoms with Crippen LogP contribution < -0.4 is 0 Å². The maximum absolute atomic E-state index is 8.40. The summed E-state index contributed by atoms with van der Waals surface area (Å²) in [5.41, 5.74) is 0.0139. The molecule has 1 aliphatic heterocycles. The summed E-state index contributed by atoms with van der Waals surface area (Å²) in [6, 6.07) is 0. The van der Waals surface area contributed by atoms with Crippen molar-refractivity contribution in [2.45, 2.75) is 5.44 Å². The van der Waals surface area contributed by atoms with Crippen LogP contribution in [0.4, 0.5) is 0 Å². The van der Waals surface area contributed by atoms with Gasteiger partial charge in [0.25, 0.3) is 0 Å². The third-order valence-electron chi connectivity index (χ3n) is 0.747. The lowest BCUT2D eigenvalue weighted by atomic mass is 10.7. The van der Waals surface area contributed by atoms with Crippen molar-refractivity contribution < 1.29 is 9.84 Å². The molecule has 1 saturated heterocycles. The fourth-order valence-corrected chi connectivity index (χ4v) is 1.04. The fourth-order valence-electron chi connectivity index (χ4n) is 0.428. The quantitative estimate of drug-likeness (QED) is 0.535. The van der Waals surface area contributed by atoms with Crippen LogP contribution >= 0.6 is 11.8 Å². The van der Waals surface area contributed by atoms with Crippen LogP contribution in [-0.2, 0) is 4.74 Å². The summed E-state index contributed by atoms with van der Waals surface area (Å²) in [5.74, 6) is 1.95. The Bertz CT molecular complexity index is 51.7. The normalized spacial score (nSPS) is 31.3. The monoisotopic (exact) mass is 119 g/mol. The van der Waals surface area contributed by atoms with Crippen LogP contribution in [0.15, 0.2) is 0 Å². The van der Waals surface area contributed by atoms with Gasteiger partial charge >= 0.3 is 0 Å². The van der Waals surface area contributed by atoms with Crippen molar-refractivity contribution in [2.24, 2.45) is 0 Å². The number of rotatable bonds is 1. The number of aliphatic hydroxyl groups is 1. The van der Waals surface area contributed by atoms with E-state index in [1.165, 1.54) is 0 Å². The molecule has 0 saturated carbocycles. The molecular weight excluding hydrogens is 112 g/mol. The van der Waals surface area contributed by atoms with Crippen molar-refractivity contribution in [3.05, 3.63) is 5.75 Å². The molecule has 0 aromatic carbocycles. The molecule has 1 heterocycles. The third kappa shape index (κ3) is 1.33. The Kier molecular flexibility index (Phi) is 1.97. The number of hydrogen-bond acceptors (Lipinski definition) is 3. The van der Waals surface area contributed by atoms with E-state index in [2.05, 4.69) is 0 Å². The topological polar surface area (TPSA) is 29.5 Å². The molecule has 41 valence electrons. The maximum Gasteiger partial charge on any atom is 0.126 e. The first kappa shape index (κ1) is 5.41. The average molecular weight is 119 g/mol. The molecule has 1 atom stereocenters. The largest absolute Gasteiger partial charge is 0.393 e. The number of aliphatic hydroxyl groups excluding tert-OH is 1. The molecule has 0 aliphatic carbocycles. The van der Waals surface area contributed by atoms with Crippen molar-refractivity contribution in [3.8, 4) is 0 Å². The summed E-state index contributed by atoms with van der Waals surface area (Å²) in [6.45, 7) is 0.803. The summed E-state index contributed by atoms with van der Waals surface area (Å²) < 4.78 is 4.96. The number of thioether (sulfide) groups is 1. The standard InChI is InChI=1S/C4H7O2S/c5-3-4-6-1-2-7-4/h2,4-5H,1,3H2. The average Bonchev–Trinajstić information content (AvgIpc) is 2.14. The van der Waals surface area contributed by atoms with Crippen LogP contribution in [0.1, 0.15) is 0 Å². The first-order valence-electron chi connectivity index (χ1n) is 2.13. The highest BCUT2D eigenvalue weighted by atomic mass is 32.2. The molecule has 0 spiro atoms. The van der Waals surface area contributed by atoms with E-state index in [1.807, 2.05) is 5.75 Å². The zero-order valence-corrected chi connectivity index (χ0v) is 4.65. The minimum absolute atomic E-state index is 0.0139. The minimum atomic E-state index is 0.0139. The molecule has 1 fully saturated rings. The van der Waals surface area contributed by atoms with Gasteiger partial charge in [0.15, 0.2) is 0 Å². The molecule has 3 heteroatoms. The zero-order chi connectivity index (χ0) is 5.11. The van der Waals surface area contributed by atoms with E-state index in [9.17, 15) is 0 Å². The number of hydrogen-bond donors (Lipinski definition) is 1. The Morgan fingerprint density at radius 2 is 2.86 bits per heavy atom. The fraction of sp³-hybridized carbons (Fsp3) is 0.750. The lowest BCUT2D eigenvalue weighted by molar-refractivity contribution is 0.0955. The van der Waals surface area contributed by atoms with Gasteiger partial charge in [-0.1, -0.05) is 0 Å². The van der Waals surface area contributed by atoms with Crippen molar-refractivity contribution in [3.63, 3.8) is 0 Å². The Labute approximate surface area is 46.9 Å². The maximum atomic E-state index is 8.40. The number of ether oxygens (including phenoxy) is 1. The van der Waals surface area contributed by atoms with E-state index < -0.39 is 0 Å². The predicted octanol–water partition coefficient (Wildman–Crippen LogP) is 0.230. The highest BCUT2D eigenvalue weighted by Gasteiger charge is 2.13. The van der Waals surface area contributed by atoms with Gasteiger partial charge in [-0.25, -0.2) is 0 Å². The zero-order valence-electron chi connectivity index (χ0n) is 3.83. The van der Waals surface area contributed by atoms with Gasteiger partial charge in [-0.05, 0) is 0 Å².